The van der Waals surface area contributed by atoms with Gasteiger partial charge in [0.1, 0.15) is 0 Å². The van der Waals surface area contributed by atoms with Crippen molar-refractivity contribution < 1.29 is 15.0 Å². The van der Waals surface area contributed by atoms with E-state index in [4.69, 9.17) is 5.11 Å². The third-order valence-corrected chi connectivity index (χ3v) is 3.30. The number of rotatable bonds is 4. The predicted octanol–water partition coefficient (Wildman–Crippen LogP) is 1.54. The second-order valence-corrected chi connectivity index (χ2v) is 4.99. The van der Waals surface area contributed by atoms with Crippen LogP contribution in [-0.4, -0.2) is 40.4 Å². The lowest BCUT2D eigenvalue weighted by molar-refractivity contribution is 0.0799. The number of carboxylic acid groups (broad SMARTS) is 1. The Kier molecular flexibility index (Phi) is 2.76. The lowest BCUT2D eigenvalue weighted by Gasteiger charge is -2.36. The van der Waals surface area contributed by atoms with E-state index in [0.29, 0.717) is 0 Å². The Morgan fingerprint density at radius 1 is 1.50 bits per heavy atom. The summed E-state index contributed by atoms with van der Waals surface area (Å²) < 4.78 is 0. The third-order valence-electron chi connectivity index (χ3n) is 3.30. The van der Waals surface area contributed by atoms with Crippen molar-refractivity contribution in [1.29, 1.82) is 0 Å². The second kappa shape index (κ2) is 3.42. The zero-order valence-corrected chi connectivity index (χ0v) is 9.08. The van der Waals surface area contributed by atoms with Crippen LogP contribution in [0.25, 0.3) is 0 Å². The highest BCUT2D eigenvalue weighted by Gasteiger charge is 2.47. The molecule has 1 fully saturated rings. The van der Waals surface area contributed by atoms with Crippen LogP contribution in [0, 0.1) is 5.41 Å². The minimum atomic E-state index is -0.913. The molecule has 0 unspecified atom stereocenters. The molecule has 14 heavy (non-hydrogen) atoms. The van der Waals surface area contributed by atoms with Crippen molar-refractivity contribution in [1.82, 2.24) is 4.90 Å². The molecule has 0 aliphatic heterocycles. The molecule has 0 saturated heterocycles. The lowest BCUT2D eigenvalue weighted by Crippen LogP contribution is -2.46. The Morgan fingerprint density at radius 3 is 2.29 bits per heavy atom. The lowest BCUT2D eigenvalue weighted by atomic mass is 9.87. The molecular weight excluding hydrogens is 182 g/mol. The maximum Gasteiger partial charge on any atom is 0.407 e. The summed E-state index contributed by atoms with van der Waals surface area (Å²) in [5.41, 5.74) is -0.404. The van der Waals surface area contributed by atoms with Crippen molar-refractivity contribution in [2.45, 2.75) is 38.6 Å². The number of aliphatic hydroxyl groups excluding tert-OH is 1. The summed E-state index contributed by atoms with van der Waals surface area (Å²) in [5.74, 6) is 0. The van der Waals surface area contributed by atoms with Crippen molar-refractivity contribution in [3.05, 3.63) is 0 Å². The average Bonchev–Trinajstić information content (AvgIpc) is 2.83. The third kappa shape index (κ3) is 2.18. The van der Waals surface area contributed by atoms with Gasteiger partial charge in [-0.25, -0.2) is 4.79 Å². The van der Waals surface area contributed by atoms with Crippen LogP contribution in [0.1, 0.15) is 33.1 Å². The molecule has 1 amide bonds. The van der Waals surface area contributed by atoms with Crippen molar-refractivity contribution in [2.24, 2.45) is 5.41 Å². The van der Waals surface area contributed by atoms with Gasteiger partial charge in [0.15, 0.2) is 0 Å². The fourth-order valence-electron chi connectivity index (χ4n) is 1.86. The number of hydrogen-bond donors (Lipinski definition) is 2. The van der Waals surface area contributed by atoms with Gasteiger partial charge in [0.2, 0.25) is 0 Å². The topological polar surface area (TPSA) is 60.8 Å². The van der Waals surface area contributed by atoms with Gasteiger partial charge in [-0.2, -0.15) is 0 Å². The molecule has 1 saturated carbocycles. The molecule has 1 rings (SSSR count). The van der Waals surface area contributed by atoms with Crippen LogP contribution >= 0.6 is 0 Å². The van der Waals surface area contributed by atoms with Crippen LogP contribution in [0.2, 0.25) is 0 Å². The van der Waals surface area contributed by atoms with E-state index >= 15 is 0 Å². The first-order valence-electron chi connectivity index (χ1n) is 4.91. The Labute approximate surface area is 84.5 Å². The normalized spacial score (nSPS) is 19.1. The molecule has 82 valence electrons. The largest absolute Gasteiger partial charge is 0.465 e. The Hall–Kier alpha value is -0.770. The summed E-state index contributed by atoms with van der Waals surface area (Å²) >= 11 is 0. The number of nitrogens with zero attached hydrogens (tertiary/aromatic N) is 1. The quantitative estimate of drug-likeness (QED) is 0.725. The Morgan fingerprint density at radius 2 is 2.00 bits per heavy atom. The minimum absolute atomic E-state index is 0.00674. The first-order valence-corrected chi connectivity index (χ1v) is 4.91. The molecule has 4 nitrogen and oxygen atoms in total. The van der Waals surface area contributed by atoms with Gasteiger partial charge in [-0.1, -0.05) is 0 Å². The highest BCUT2D eigenvalue weighted by atomic mass is 16.4. The number of aliphatic hydroxyl groups is 1. The number of amides is 1. The van der Waals surface area contributed by atoms with Gasteiger partial charge in [0.25, 0.3) is 0 Å². The van der Waals surface area contributed by atoms with E-state index in [-0.39, 0.29) is 12.0 Å². The van der Waals surface area contributed by atoms with Crippen LogP contribution in [0.5, 0.6) is 0 Å². The highest BCUT2D eigenvalue weighted by molar-refractivity contribution is 5.65. The molecule has 0 aromatic carbocycles. The van der Waals surface area contributed by atoms with E-state index < -0.39 is 11.6 Å². The van der Waals surface area contributed by atoms with Crippen LogP contribution in [0.3, 0.4) is 0 Å². The summed E-state index contributed by atoms with van der Waals surface area (Å²) in [5, 5.41) is 18.0. The van der Waals surface area contributed by atoms with Crippen LogP contribution in [-0.2, 0) is 0 Å². The van der Waals surface area contributed by atoms with Gasteiger partial charge in [-0.05, 0) is 38.5 Å². The maximum absolute atomic E-state index is 10.8. The Bertz CT molecular complexity index is 234. The molecule has 0 radical (unpaired) electrons. The molecule has 1 aliphatic carbocycles. The van der Waals surface area contributed by atoms with E-state index in [1.165, 1.54) is 4.90 Å². The van der Waals surface area contributed by atoms with E-state index in [2.05, 4.69) is 0 Å². The molecule has 0 atom stereocenters. The van der Waals surface area contributed by atoms with E-state index in [1.807, 2.05) is 13.8 Å². The van der Waals surface area contributed by atoms with E-state index in [1.54, 1.807) is 7.05 Å². The van der Waals surface area contributed by atoms with E-state index in [9.17, 15) is 9.90 Å². The molecule has 4 heteroatoms. The molecule has 0 spiro atoms. The fraction of sp³-hybridized carbons (Fsp3) is 0.900. The average molecular weight is 201 g/mol. The second-order valence-electron chi connectivity index (χ2n) is 4.99. The number of hydrogen-bond acceptors (Lipinski definition) is 2. The van der Waals surface area contributed by atoms with Gasteiger partial charge < -0.3 is 15.1 Å². The van der Waals surface area contributed by atoms with Gasteiger partial charge in [0, 0.05) is 19.2 Å². The molecule has 0 heterocycles. The highest BCUT2D eigenvalue weighted by Crippen LogP contribution is 2.51. The van der Waals surface area contributed by atoms with Crippen LogP contribution in [0.15, 0.2) is 0 Å². The van der Waals surface area contributed by atoms with Crippen molar-refractivity contribution in [3.63, 3.8) is 0 Å². The SMILES string of the molecule is CN(C(=O)O)C(C)(C)CC1(CO)CC1. The first kappa shape index (κ1) is 11.3. The summed E-state index contributed by atoms with van der Waals surface area (Å²) in [6.45, 7) is 3.97. The molecule has 2 N–H and O–H groups in total. The number of carbonyl (C=O) groups is 1. The van der Waals surface area contributed by atoms with Gasteiger partial charge >= 0.3 is 6.09 Å². The predicted molar refractivity (Wildman–Crippen MR) is 53.2 cm³/mol. The zero-order chi connectivity index (χ0) is 11.0. The van der Waals surface area contributed by atoms with Crippen LogP contribution < -0.4 is 0 Å². The maximum atomic E-state index is 10.8. The van der Waals surface area contributed by atoms with Crippen molar-refractivity contribution in [2.75, 3.05) is 13.7 Å². The smallest absolute Gasteiger partial charge is 0.407 e. The molecule has 0 aromatic rings. The van der Waals surface area contributed by atoms with Gasteiger partial charge in [-0.15, -0.1) is 0 Å². The van der Waals surface area contributed by atoms with Crippen molar-refractivity contribution >= 4 is 6.09 Å². The fourth-order valence-corrected chi connectivity index (χ4v) is 1.86. The summed E-state index contributed by atoms with van der Waals surface area (Å²) in [6.07, 6.45) is 1.85. The summed E-state index contributed by atoms with van der Waals surface area (Å²) in [6, 6.07) is 0. The molecule has 1 aliphatic rings. The standard InChI is InChI=1S/C10H19NO3/c1-9(2,11(3)8(13)14)6-10(7-12)4-5-10/h12H,4-7H2,1-3H3,(H,13,14). The minimum Gasteiger partial charge on any atom is -0.465 e. The summed E-state index contributed by atoms with van der Waals surface area (Å²) in [7, 11) is 1.58. The molecular formula is C10H19NO3. The van der Waals surface area contributed by atoms with Crippen LogP contribution in [0.4, 0.5) is 4.79 Å². The molecule has 0 bridgehead atoms. The zero-order valence-electron chi connectivity index (χ0n) is 9.08. The van der Waals surface area contributed by atoms with Crippen molar-refractivity contribution in [3.8, 4) is 0 Å². The summed E-state index contributed by atoms with van der Waals surface area (Å²) in [4.78, 5) is 12.1. The van der Waals surface area contributed by atoms with Gasteiger partial charge in [0.05, 0.1) is 0 Å². The van der Waals surface area contributed by atoms with E-state index in [0.717, 1.165) is 19.3 Å². The van der Waals surface area contributed by atoms with Gasteiger partial charge in [-0.3, -0.25) is 0 Å². The first-order chi connectivity index (χ1) is 6.33. The monoisotopic (exact) mass is 201 g/mol. The molecule has 0 aromatic heterocycles. The Balaban J connectivity index is 2.61.